The fourth-order valence-corrected chi connectivity index (χ4v) is 3.06. The highest BCUT2D eigenvalue weighted by Crippen LogP contribution is 2.32. The molecule has 0 spiro atoms. The zero-order valence-electron chi connectivity index (χ0n) is 12.1. The molecule has 1 saturated heterocycles. The van der Waals surface area contributed by atoms with Gasteiger partial charge in [-0.2, -0.15) is 0 Å². The highest BCUT2D eigenvalue weighted by Gasteiger charge is 2.32. The van der Waals surface area contributed by atoms with Gasteiger partial charge in [-0.1, -0.05) is 12.1 Å². The number of ketones is 1. The van der Waals surface area contributed by atoms with E-state index in [0.717, 1.165) is 18.5 Å². The molecule has 2 aromatic rings. The summed E-state index contributed by atoms with van der Waals surface area (Å²) in [6.45, 7) is 1.46. The van der Waals surface area contributed by atoms with Crippen molar-refractivity contribution < 1.29 is 13.6 Å². The summed E-state index contributed by atoms with van der Waals surface area (Å²) in [4.78, 5) is 12.7. The van der Waals surface area contributed by atoms with E-state index in [4.69, 9.17) is 0 Å². The van der Waals surface area contributed by atoms with Crippen LogP contribution in [-0.4, -0.2) is 18.9 Å². The van der Waals surface area contributed by atoms with Gasteiger partial charge in [-0.25, -0.2) is 8.78 Å². The lowest BCUT2D eigenvalue weighted by Gasteiger charge is -2.31. The van der Waals surface area contributed by atoms with E-state index in [0.29, 0.717) is 12.1 Å². The molecule has 1 aliphatic rings. The van der Waals surface area contributed by atoms with Crippen LogP contribution >= 0.6 is 0 Å². The third kappa shape index (κ3) is 3.07. The first-order valence-corrected chi connectivity index (χ1v) is 7.41. The molecule has 2 aromatic carbocycles. The lowest BCUT2D eigenvalue weighted by molar-refractivity contribution is 0.0875. The van der Waals surface area contributed by atoms with E-state index >= 15 is 0 Å². The van der Waals surface area contributed by atoms with Crippen molar-refractivity contribution in [2.75, 3.05) is 13.1 Å². The summed E-state index contributed by atoms with van der Waals surface area (Å²) < 4.78 is 26.1. The molecular formula is C18H17F2NO. The Kier molecular flexibility index (Phi) is 4.29. The second-order valence-electron chi connectivity index (χ2n) is 5.63. The van der Waals surface area contributed by atoms with Crippen LogP contribution in [0.5, 0.6) is 0 Å². The van der Waals surface area contributed by atoms with E-state index in [1.165, 1.54) is 36.4 Å². The lowest BCUT2D eigenvalue weighted by atomic mass is 9.77. The van der Waals surface area contributed by atoms with E-state index in [-0.39, 0.29) is 29.3 Å². The third-order valence-corrected chi connectivity index (χ3v) is 4.25. The normalized spacial score (nSPS) is 21.5. The van der Waals surface area contributed by atoms with Gasteiger partial charge in [0.15, 0.2) is 5.78 Å². The Hall–Kier alpha value is -2.07. The van der Waals surface area contributed by atoms with Gasteiger partial charge in [-0.15, -0.1) is 0 Å². The predicted octanol–water partition coefficient (Wildman–Crippen LogP) is 3.54. The average molecular weight is 301 g/mol. The van der Waals surface area contributed by atoms with Crippen LogP contribution in [0.1, 0.15) is 28.3 Å². The predicted molar refractivity (Wildman–Crippen MR) is 80.8 cm³/mol. The molecular weight excluding hydrogens is 284 g/mol. The maximum atomic E-state index is 13.1. The van der Waals surface area contributed by atoms with Crippen molar-refractivity contribution in [1.29, 1.82) is 0 Å². The molecule has 0 aliphatic carbocycles. The molecule has 0 saturated carbocycles. The van der Waals surface area contributed by atoms with E-state index in [1.807, 2.05) is 0 Å². The highest BCUT2D eigenvalue weighted by molar-refractivity contribution is 5.98. The molecule has 22 heavy (non-hydrogen) atoms. The van der Waals surface area contributed by atoms with E-state index in [2.05, 4.69) is 5.32 Å². The molecule has 1 N–H and O–H groups in total. The second kappa shape index (κ2) is 6.36. The number of rotatable bonds is 3. The summed E-state index contributed by atoms with van der Waals surface area (Å²) in [7, 11) is 0. The minimum Gasteiger partial charge on any atom is -0.316 e. The number of piperidine rings is 1. The molecule has 1 aliphatic heterocycles. The Morgan fingerprint density at radius 1 is 0.955 bits per heavy atom. The molecule has 0 unspecified atom stereocenters. The van der Waals surface area contributed by atoms with E-state index in [1.54, 1.807) is 12.1 Å². The van der Waals surface area contributed by atoms with E-state index in [9.17, 15) is 13.6 Å². The number of hydrogen-bond acceptors (Lipinski definition) is 2. The summed E-state index contributed by atoms with van der Waals surface area (Å²) in [5, 5.41) is 3.29. The monoisotopic (exact) mass is 301 g/mol. The smallest absolute Gasteiger partial charge is 0.166 e. The molecule has 1 heterocycles. The van der Waals surface area contributed by atoms with Crippen molar-refractivity contribution >= 4 is 5.78 Å². The Morgan fingerprint density at radius 2 is 1.55 bits per heavy atom. The van der Waals surface area contributed by atoms with Crippen LogP contribution in [-0.2, 0) is 0 Å². The Labute approximate surface area is 128 Å². The van der Waals surface area contributed by atoms with Crippen LogP contribution in [0.3, 0.4) is 0 Å². The van der Waals surface area contributed by atoms with Crippen LogP contribution < -0.4 is 5.32 Å². The van der Waals surface area contributed by atoms with Gasteiger partial charge in [-0.05, 0) is 54.9 Å². The zero-order chi connectivity index (χ0) is 15.5. The topological polar surface area (TPSA) is 29.1 Å². The quantitative estimate of drug-likeness (QED) is 0.879. The first kappa shape index (κ1) is 14.9. The van der Waals surface area contributed by atoms with Gasteiger partial charge in [0.1, 0.15) is 11.6 Å². The summed E-state index contributed by atoms with van der Waals surface area (Å²) in [6, 6.07) is 12.0. The molecule has 2 atom stereocenters. The molecule has 0 amide bonds. The van der Waals surface area contributed by atoms with Crippen molar-refractivity contribution in [3.8, 4) is 0 Å². The molecule has 0 aromatic heterocycles. The van der Waals surface area contributed by atoms with Crippen molar-refractivity contribution in [1.82, 2.24) is 5.32 Å². The Balaban J connectivity index is 1.87. The number of hydrogen-bond donors (Lipinski definition) is 1. The minimum atomic E-state index is -0.350. The zero-order valence-corrected chi connectivity index (χ0v) is 12.1. The largest absolute Gasteiger partial charge is 0.316 e. The lowest BCUT2D eigenvalue weighted by Crippen LogP contribution is -2.38. The minimum absolute atomic E-state index is 0.00639. The second-order valence-corrected chi connectivity index (χ2v) is 5.63. The Morgan fingerprint density at radius 3 is 2.18 bits per heavy atom. The average Bonchev–Trinajstić information content (AvgIpc) is 2.56. The van der Waals surface area contributed by atoms with Gasteiger partial charge in [0.05, 0.1) is 0 Å². The third-order valence-electron chi connectivity index (χ3n) is 4.25. The standard InChI is InChI=1S/C18H17F2NO/c19-14-5-1-12(2-6-14)17-11-21-10-9-16(17)18(22)13-3-7-15(20)8-4-13/h1-8,16-17,21H,9-11H2/t16-,17+/m0/s1. The summed E-state index contributed by atoms with van der Waals surface area (Å²) in [6.07, 6.45) is 0.720. The van der Waals surface area contributed by atoms with E-state index < -0.39 is 0 Å². The Bertz CT molecular complexity index is 652. The van der Waals surface area contributed by atoms with Gasteiger partial charge in [0.2, 0.25) is 0 Å². The molecule has 2 nitrogen and oxygen atoms in total. The van der Waals surface area contributed by atoms with Crippen LogP contribution in [0.25, 0.3) is 0 Å². The van der Waals surface area contributed by atoms with Crippen molar-refractivity contribution in [3.63, 3.8) is 0 Å². The summed E-state index contributed by atoms with van der Waals surface area (Å²) in [5.41, 5.74) is 1.48. The van der Waals surface area contributed by atoms with Gasteiger partial charge in [-0.3, -0.25) is 4.79 Å². The molecule has 3 rings (SSSR count). The number of nitrogens with one attached hydrogen (secondary N) is 1. The van der Waals surface area contributed by atoms with Crippen molar-refractivity contribution in [2.24, 2.45) is 5.92 Å². The fraction of sp³-hybridized carbons (Fsp3) is 0.278. The first-order valence-electron chi connectivity index (χ1n) is 7.41. The van der Waals surface area contributed by atoms with Crippen LogP contribution in [0.4, 0.5) is 8.78 Å². The van der Waals surface area contributed by atoms with Gasteiger partial charge >= 0.3 is 0 Å². The molecule has 114 valence electrons. The number of benzene rings is 2. The van der Waals surface area contributed by atoms with Crippen molar-refractivity contribution in [3.05, 3.63) is 71.3 Å². The maximum Gasteiger partial charge on any atom is 0.166 e. The van der Waals surface area contributed by atoms with Crippen LogP contribution in [0, 0.1) is 17.6 Å². The molecule has 0 bridgehead atoms. The number of halogens is 2. The van der Waals surface area contributed by atoms with Crippen LogP contribution in [0.2, 0.25) is 0 Å². The molecule has 1 fully saturated rings. The van der Waals surface area contributed by atoms with Gasteiger partial charge < -0.3 is 5.32 Å². The molecule has 0 radical (unpaired) electrons. The number of carbonyl (C=O) groups excluding carboxylic acids is 1. The highest BCUT2D eigenvalue weighted by atomic mass is 19.1. The number of carbonyl (C=O) groups is 1. The summed E-state index contributed by atoms with van der Waals surface area (Å²) in [5.74, 6) is -0.772. The van der Waals surface area contributed by atoms with Crippen molar-refractivity contribution in [2.45, 2.75) is 12.3 Å². The fourth-order valence-electron chi connectivity index (χ4n) is 3.06. The maximum absolute atomic E-state index is 13.1. The van der Waals surface area contributed by atoms with Gasteiger partial charge in [0.25, 0.3) is 0 Å². The first-order chi connectivity index (χ1) is 10.6. The molecule has 4 heteroatoms. The SMILES string of the molecule is O=C(c1ccc(F)cc1)[C@H]1CCNC[C@@H]1c1ccc(F)cc1. The summed E-state index contributed by atoms with van der Waals surface area (Å²) >= 11 is 0. The number of Topliss-reactive ketones (excluding diaryl/α,β-unsaturated/α-hetero) is 1. The van der Waals surface area contributed by atoms with Gasteiger partial charge in [0, 0.05) is 23.9 Å². The van der Waals surface area contributed by atoms with Crippen LogP contribution in [0.15, 0.2) is 48.5 Å².